The number of hydrogen-bond donors (Lipinski definition) is 4. The first-order valence-corrected chi connectivity index (χ1v) is 21.9. The van der Waals surface area contributed by atoms with Gasteiger partial charge in [-0.2, -0.15) is 4.72 Å². The number of imide groups is 1. The van der Waals surface area contributed by atoms with Gasteiger partial charge in [0.05, 0.1) is 18.2 Å². The number of carbonyl (C=O) groups excluding carboxylic acids is 4. The zero-order chi connectivity index (χ0) is 44.4. The normalized spacial score (nSPS) is 19.6. The van der Waals surface area contributed by atoms with Gasteiger partial charge in [-0.1, -0.05) is 30.3 Å². The quantitative estimate of drug-likeness (QED) is 0.0502. The second-order valence-corrected chi connectivity index (χ2v) is 17.5. The molecule has 0 bridgehead atoms. The lowest BCUT2D eigenvalue weighted by Crippen LogP contribution is -2.51. The number of aromatic amines is 1. The number of aliphatic hydroxyl groups excluding tert-OH is 1. The smallest absolute Gasteiger partial charge is 0.249 e. The van der Waals surface area contributed by atoms with E-state index >= 15 is 8.78 Å². The highest BCUT2D eigenvalue weighted by atomic mass is 32.2. The summed E-state index contributed by atoms with van der Waals surface area (Å²) in [6.45, 7) is 5.69. The summed E-state index contributed by atoms with van der Waals surface area (Å²) in [5.41, 5.74) is 4.43. The molecule has 14 nitrogen and oxygen atoms in total. The molecule has 2 aromatic heterocycles. The van der Waals surface area contributed by atoms with E-state index in [1.165, 1.54) is 15.4 Å². The highest BCUT2D eigenvalue weighted by Crippen LogP contribution is 2.31. The van der Waals surface area contributed by atoms with E-state index in [1.807, 2.05) is 49.4 Å². The molecule has 63 heavy (non-hydrogen) atoms. The minimum Gasteiger partial charge on any atom is -0.573 e. The number of fused-ring (bicyclic) bond motifs is 1. The predicted octanol–water partition coefficient (Wildman–Crippen LogP) is 4.57. The fourth-order valence-corrected chi connectivity index (χ4v) is 9.49. The lowest BCUT2D eigenvalue weighted by Gasteiger charge is -2.37. The Morgan fingerprint density at radius 2 is 1.83 bits per heavy atom. The lowest BCUT2D eigenvalue weighted by molar-refractivity contribution is -0.141. The van der Waals surface area contributed by atoms with Crippen LogP contribution < -0.4 is 14.9 Å². The van der Waals surface area contributed by atoms with Crippen LogP contribution in [-0.2, 0) is 38.9 Å². The first-order valence-electron chi connectivity index (χ1n) is 20.8. The number of carbonyl (C=O) groups is 4. The third-order valence-electron chi connectivity index (χ3n) is 12.0. The minimum atomic E-state index is -1.99. The Balaban J connectivity index is 0.867. The van der Waals surface area contributed by atoms with E-state index in [4.69, 9.17) is 0 Å². The summed E-state index contributed by atoms with van der Waals surface area (Å²) in [5.74, 6) is -4.03. The van der Waals surface area contributed by atoms with Crippen LogP contribution in [0.3, 0.4) is 0 Å². The molecule has 0 radical (unpaired) electrons. The molecular formula is C45H47F3N8O6S. The van der Waals surface area contributed by atoms with Gasteiger partial charge in [-0.05, 0) is 78.8 Å². The third-order valence-corrected chi connectivity index (χ3v) is 13.2. The van der Waals surface area contributed by atoms with Crippen LogP contribution in [0.15, 0.2) is 73.1 Å². The second-order valence-electron chi connectivity index (χ2n) is 16.3. The number of ketones is 1. The molecule has 0 spiro atoms. The monoisotopic (exact) mass is 884 g/mol. The highest BCUT2D eigenvalue weighted by Gasteiger charge is 2.34. The lowest BCUT2D eigenvalue weighted by atomic mass is 9.99. The number of aliphatic hydroxyl groups is 1. The molecule has 8 rings (SSSR count). The van der Waals surface area contributed by atoms with Crippen LogP contribution in [0.5, 0.6) is 0 Å². The second kappa shape index (κ2) is 18.9. The number of nitrogens with one attached hydrogen (secondary N) is 3. The van der Waals surface area contributed by atoms with Gasteiger partial charge in [0.1, 0.15) is 29.4 Å². The van der Waals surface area contributed by atoms with Gasteiger partial charge in [-0.3, -0.25) is 29.4 Å². The Kier molecular flexibility index (Phi) is 13.2. The van der Waals surface area contributed by atoms with E-state index < -0.39 is 58.8 Å². The molecule has 3 saturated heterocycles. The van der Waals surface area contributed by atoms with Crippen LogP contribution in [0.4, 0.5) is 24.5 Å². The maximum atomic E-state index is 15.7. The van der Waals surface area contributed by atoms with Gasteiger partial charge in [-0.25, -0.2) is 18.2 Å². The van der Waals surface area contributed by atoms with Gasteiger partial charge >= 0.3 is 0 Å². The number of aromatic nitrogens is 2. The van der Waals surface area contributed by atoms with E-state index in [2.05, 4.69) is 29.8 Å². The zero-order valence-corrected chi connectivity index (χ0v) is 35.3. The molecule has 330 valence electrons. The SMILES string of the molecule is Cc1ccc(CC(O)CN2CCN(c3ccc(-c4cnc5[nH]cc(C(=O)c6c(F)ccc(N[S+]([O-])N7CCC(F)C7)c6F)c5c4)cc3)CC2)cc1CN(C=O)C1CCC(=O)NC1=O. The number of anilines is 2. The van der Waals surface area contributed by atoms with Crippen molar-refractivity contribution >= 4 is 58.0 Å². The zero-order valence-electron chi connectivity index (χ0n) is 34.5. The number of rotatable bonds is 15. The maximum absolute atomic E-state index is 15.7. The van der Waals surface area contributed by atoms with Crippen molar-refractivity contribution in [3.8, 4) is 11.1 Å². The molecule has 18 heteroatoms. The summed E-state index contributed by atoms with van der Waals surface area (Å²) in [6, 6.07) is 16.7. The van der Waals surface area contributed by atoms with Crippen LogP contribution in [0, 0.1) is 18.6 Å². The van der Waals surface area contributed by atoms with E-state index in [9.17, 15) is 33.2 Å². The number of nitrogens with zero attached hydrogens (tertiary/aromatic N) is 5. The molecule has 4 N–H and O–H groups in total. The molecule has 3 fully saturated rings. The summed E-state index contributed by atoms with van der Waals surface area (Å²) >= 11 is -1.99. The van der Waals surface area contributed by atoms with Gasteiger partial charge in [0, 0.05) is 86.8 Å². The number of aryl methyl sites for hydroxylation is 1. The maximum Gasteiger partial charge on any atom is 0.249 e. The van der Waals surface area contributed by atoms with Crippen molar-refractivity contribution in [2.75, 3.05) is 55.4 Å². The summed E-state index contributed by atoms with van der Waals surface area (Å²) in [6.07, 6.45) is 2.92. The molecule has 4 atom stereocenters. The minimum absolute atomic E-state index is 0.00595. The summed E-state index contributed by atoms with van der Waals surface area (Å²) in [4.78, 5) is 62.9. The third kappa shape index (κ3) is 9.74. The largest absolute Gasteiger partial charge is 0.573 e. The van der Waals surface area contributed by atoms with E-state index in [0.717, 1.165) is 66.3 Å². The molecule has 0 saturated carbocycles. The number of amides is 3. The highest BCUT2D eigenvalue weighted by molar-refractivity contribution is 7.90. The van der Waals surface area contributed by atoms with Gasteiger partial charge in [0.15, 0.2) is 17.4 Å². The predicted molar refractivity (Wildman–Crippen MR) is 231 cm³/mol. The Hall–Kier alpha value is -5.79. The number of β-amino-alcohol motifs (C(OH)–C–C–N with tert-alkyl or cyclic N) is 1. The van der Waals surface area contributed by atoms with Crippen LogP contribution in [0.2, 0.25) is 0 Å². The first kappa shape index (κ1) is 43.8. The van der Waals surface area contributed by atoms with Crippen molar-refractivity contribution < 1.29 is 42.0 Å². The molecule has 4 unspecified atom stereocenters. The Bertz CT molecular complexity index is 2520. The van der Waals surface area contributed by atoms with Crippen LogP contribution in [0.25, 0.3) is 22.2 Å². The van der Waals surface area contributed by atoms with Crippen molar-refractivity contribution in [2.24, 2.45) is 0 Å². The molecule has 3 aromatic carbocycles. The summed E-state index contributed by atoms with van der Waals surface area (Å²) < 4.78 is 60.9. The fraction of sp³-hybridized carbons (Fsp3) is 0.356. The molecule has 5 aromatic rings. The topological polar surface area (TPSA) is 177 Å². The summed E-state index contributed by atoms with van der Waals surface area (Å²) in [7, 11) is 0. The molecular weight excluding hydrogens is 838 g/mol. The van der Waals surface area contributed by atoms with Gasteiger partial charge in [0.2, 0.25) is 24.0 Å². The molecule has 3 aliphatic rings. The van der Waals surface area contributed by atoms with E-state index in [0.29, 0.717) is 36.0 Å². The molecule has 3 amide bonds. The number of alkyl halides is 1. The molecule has 5 heterocycles. The van der Waals surface area contributed by atoms with Crippen LogP contribution in [-0.4, -0.2) is 122 Å². The van der Waals surface area contributed by atoms with Crippen LogP contribution in [0.1, 0.15) is 51.9 Å². The number of pyridine rings is 1. The number of hydrogen-bond acceptors (Lipinski definition) is 11. The molecule has 0 aliphatic carbocycles. The van der Waals surface area contributed by atoms with E-state index in [-0.39, 0.29) is 56.1 Å². The Morgan fingerprint density at radius 1 is 1.05 bits per heavy atom. The summed E-state index contributed by atoms with van der Waals surface area (Å²) in [5, 5.41) is 13.8. The van der Waals surface area contributed by atoms with Crippen molar-refractivity contribution in [3.63, 3.8) is 0 Å². The van der Waals surface area contributed by atoms with Gasteiger partial charge in [-0.15, -0.1) is 4.31 Å². The molecule has 3 aliphatic heterocycles. The Morgan fingerprint density at radius 3 is 2.54 bits per heavy atom. The van der Waals surface area contributed by atoms with Gasteiger partial charge in [0.25, 0.3) is 0 Å². The Labute approximate surface area is 364 Å². The number of piperidine rings is 1. The fourth-order valence-electron chi connectivity index (χ4n) is 8.45. The number of benzene rings is 3. The van der Waals surface area contributed by atoms with E-state index in [1.54, 1.807) is 12.3 Å². The van der Waals surface area contributed by atoms with Gasteiger partial charge < -0.3 is 24.4 Å². The number of piperazine rings is 1. The average Bonchev–Trinajstić information content (AvgIpc) is 3.91. The van der Waals surface area contributed by atoms with Crippen molar-refractivity contribution in [1.29, 1.82) is 0 Å². The van der Waals surface area contributed by atoms with Crippen molar-refractivity contribution in [3.05, 3.63) is 113 Å². The number of H-pyrrole nitrogens is 1. The number of halogens is 3. The van der Waals surface area contributed by atoms with Crippen molar-refractivity contribution in [1.82, 2.24) is 29.4 Å². The van der Waals surface area contributed by atoms with Crippen molar-refractivity contribution in [2.45, 2.75) is 57.5 Å². The van der Waals surface area contributed by atoms with Crippen LogP contribution >= 0.6 is 0 Å². The standard InChI is InChI=1S/C45H47F3N8O6S/c1-27-2-3-28(18-31(27)23-55(26-57)39-10-11-40(59)51-45(39)61)19-34(58)25-53-14-16-54(17-15-53)33-6-4-29(5-7-33)30-20-35-36(22-50-44(35)49-21-30)43(60)41-37(47)8-9-38(42(41)48)52-63(62)56-13-12-32(46)24-56/h2-9,18,20-22,26,32,34,39,52,58H,10-17,19,23-25H2,1H3,(H,49,50)(H,51,59,61). The average molecular weight is 885 g/mol. The first-order chi connectivity index (χ1) is 30.3.